The Kier molecular flexibility index (Phi) is 5.56. The topological polar surface area (TPSA) is 28.2 Å². The first kappa shape index (κ1) is 15.0. The van der Waals surface area contributed by atoms with Gasteiger partial charge in [0.25, 0.3) is 0 Å². The van der Waals surface area contributed by atoms with E-state index in [1.54, 1.807) is 0 Å². The van der Waals surface area contributed by atoms with Crippen LogP contribution in [0.4, 0.5) is 5.69 Å². The largest absolute Gasteiger partial charge is 0.366 e. The number of nitrogens with one attached hydrogen (secondary N) is 1. The van der Waals surface area contributed by atoms with Crippen molar-refractivity contribution in [3.8, 4) is 0 Å². The van der Waals surface area contributed by atoms with Gasteiger partial charge in [0.05, 0.1) is 12.2 Å². The minimum Gasteiger partial charge on any atom is -0.366 e. The third-order valence-corrected chi connectivity index (χ3v) is 3.71. The van der Waals surface area contributed by atoms with Gasteiger partial charge in [-0.3, -0.25) is 4.98 Å². The smallest absolute Gasteiger partial charge is 0.0602 e. The molecule has 4 heteroatoms. The fourth-order valence-corrected chi connectivity index (χ4v) is 2.57. The Morgan fingerprint density at radius 2 is 2.10 bits per heavy atom. The van der Waals surface area contributed by atoms with Crippen LogP contribution in [0.3, 0.4) is 0 Å². The van der Waals surface area contributed by atoms with E-state index in [1.165, 1.54) is 11.3 Å². The Labute approximate surface area is 129 Å². The van der Waals surface area contributed by atoms with Crippen LogP contribution in [0.1, 0.15) is 18.2 Å². The van der Waals surface area contributed by atoms with Crippen molar-refractivity contribution >= 4 is 21.6 Å². The summed E-state index contributed by atoms with van der Waals surface area (Å²) in [5, 5.41) is 3.23. The van der Waals surface area contributed by atoms with Crippen LogP contribution in [0.5, 0.6) is 0 Å². The highest BCUT2D eigenvalue weighted by molar-refractivity contribution is 9.10. The van der Waals surface area contributed by atoms with Gasteiger partial charge in [0.15, 0.2) is 0 Å². The monoisotopic (exact) mass is 333 g/mol. The van der Waals surface area contributed by atoms with Gasteiger partial charge < -0.3 is 10.2 Å². The Hall–Kier alpha value is -1.39. The minimum absolute atomic E-state index is 0.824. The molecule has 106 valence electrons. The molecule has 0 aliphatic rings. The molecule has 0 spiro atoms. The molecule has 1 aromatic heterocycles. The van der Waals surface area contributed by atoms with Gasteiger partial charge in [-0.25, -0.2) is 0 Å². The molecular weight excluding hydrogens is 314 g/mol. The molecule has 2 rings (SSSR count). The van der Waals surface area contributed by atoms with Crippen molar-refractivity contribution in [1.29, 1.82) is 0 Å². The molecule has 1 aromatic carbocycles. The van der Waals surface area contributed by atoms with Crippen LogP contribution in [0, 0.1) is 0 Å². The molecule has 0 unspecified atom stereocenters. The maximum atomic E-state index is 4.42. The lowest BCUT2D eigenvalue weighted by molar-refractivity contribution is 0.775. The lowest BCUT2D eigenvalue weighted by atomic mass is 10.1. The summed E-state index contributed by atoms with van der Waals surface area (Å²) < 4.78 is 1.10. The zero-order valence-corrected chi connectivity index (χ0v) is 13.5. The zero-order valence-electron chi connectivity index (χ0n) is 11.9. The summed E-state index contributed by atoms with van der Waals surface area (Å²) in [7, 11) is 1.97. The third kappa shape index (κ3) is 3.81. The third-order valence-electron chi connectivity index (χ3n) is 3.22. The second kappa shape index (κ2) is 7.41. The Morgan fingerprint density at radius 1 is 1.25 bits per heavy atom. The van der Waals surface area contributed by atoms with Crippen LogP contribution in [0.25, 0.3) is 0 Å². The molecule has 0 radical (unpaired) electrons. The molecule has 0 atom stereocenters. The second-order valence-corrected chi connectivity index (χ2v) is 5.55. The molecule has 3 nitrogen and oxygen atoms in total. The van der Waals surface area contributed by atoms with Crippen LogP contribution < -0.4 is 10.2 Å². The molecule has 0 amide bonds. The summed E-state index contributed by atoms with van der Waals surface area (Å²) in [6.07, 6.45) is 1.85. The number of pyridine rings is 1. The fraction of sp³-hybridized carbons (Fsp3) is 0.312. The highest BCUT2D eigenvalue weighted by Crippen LogP contribution is 2.26. The number of halogens is 1. The number of hydrogen-bond acceptors (Lipinski definition) is 3. The van der Waals surface area contributed by atoms with E-state index >= 15 is 0 Å². The van der Waals surface area contributed by atoms with E-state index < -0.39 is 0 Å². The van der Waals surface area contributed by atoms with E-state index in [1.807, 2.05) is 25.4 Å². The molecule has 0 bridgehead atoms. The van der Waals surface area contributed by atoms with Crippen molar-refractivity contribution < 1.29 is 0 Å². The highest BCUT2D eigenvalue weighted by Gasteiger charge is 2.11. The summed E-state index contributed by atoms with van der Waals surface area (Å²) in [6.45, 7) is 4.81. The first-order valence-electron chi connectivity index (χ1n) is 6.82. The van der Waals surface area contributed by atoms with E-state index in [2.05, 4.69) is 62.3 Å². The number of aromatic nitrogens is 1. The molecule has 0 aliphatic heterocycles. The molecule has 1 N–H and O–H groups in total. The summed E-state index contributed by atoms with van der Waals surface area (Å²) in [4.78, 5) is 6.77. The summed E-state index contributed by atoms with van der Waals surface area (Å²) in [5.74, 6) is 0. The van der Waals surface area contributed by atoms with Gasteiger partial charge in [-0.2, -0.15) is 0 Å². The number of anilines is 1. The van der Waals surface area contributed by atoms with Gasteiger partial charge in [-0.05, 0) is 43.8 Å². The van der Waals surface area contributed by atoms with Crippen molar-refractivity contribution in [1.82, 2.24) is 10.3 Å². The highest BCUT2D eigenvalue weighted by atomic mass is 79.9. The number of nitrogens with zero attached hydrogens (tertiary/aromatic N) is 2. The van der Waals surface area contributed by atoms with Gasteiger partial charge >= 0.3 is 0 Å². The number of hydrogen-bond donors (Lipinski definition) is 1. The van der Waals surface area contributed by atoms with Gasteiger partial charge in [-0.15, -0.1) is 0 Å². The van der Waals surface area contributed by atoms with Crippen LogP contribution in [-0.2, 0) is 13.1 Å². The van der Waals surface area contributed by atoms with Crippen molar-refractivity contribution in [3.05, 3.63) is 58.3 Å². The summed E-state index contributed by atoms with van der Waals surface area (Å²) in [5.41, 5.74) is 3.64. The molecule has 0 saturated carbocycles. The first-order chi connectivity index (χ1) is 9.74. The van der Waals surface area contributed by atoms with Crippen molar-refractivity contribution in [3.63, 3.8) is 0 Å². The van der Waals surface area contributed by atoms with Crippen LogP contribution in [0.15, 0.2) is 47.1 Å². The molecule has 2 aromatic rings. The van der Waals surface area contributed by atoms with E-state index in [9.17, 15) is 0 Å². The van der Waals surface area contributed by atoms with E-state index in [-0.39, 0.29) is 0 Å². The SMILES string of the molecule is CCN(Cc1ccccn1)c1cc(Br)ccc1CNC. The van der Waals surface area contributed by atoms with Crippen molar-refractivity contribution in [2.45, 2.75) is 20.0 Å². The lowest BCUT2D eigenvalue weighted by Gasteiger charge is -2.26. The maximum absolute atomic E-state index is 4.42. The molecule has 20 heavy (non-hydrogen) atoms. The van der Waals surface area contributed by atoms with E-state index in [4.69, 9.17) is 0 Å². The quantitative estimate of drug-likeness (QED) is 0.875. The maximum Gasteiger partial charge on any atom is 0.0602 e. The molecule has 0 saturated heterocycles. The van der Waals surface area contributed by atoms with E-state index in [0.29, 0.717) is 0 Å². The zero-order chi connectivity index (χ0) is 14.4. The average Bonchev–Trinajstić information content (AvgIpc) is 2.48. The minimum atomic E-state index is 0.824. The molecule has 0 fully saturated rings. The van der Waals surface area contributed by atoms with Gasteiger partial charge in [0.1, 0.15) is 0 Å². The van der Waals surface area contributed by atoms with Crippen LogP contribution in [0.2, 0.25) is 0 Å². The standard InChI is InChI=1S/C16H20BrN3/c1-3-20(12-15-6-4-5-9-19-15)16-10-14(17)8-7-13(16)11-18-2/h4-10,18H,3,11-12H2,1-2H3. The van der Waals surface area contributed by atoms with Crippen molar-refractivity contribution in [2.75, 3.05) is 18.5 Å². The summed E-state index contributed by atoms with van der Waals surface area (Å²) in [6, 6.07) is 12.5. The Balaban J connectivity index is 2.28. The Morgan fingerprint density at radius 3 is 2.75 bits per heavy atom. The number of rotatable bonds is 6. The second-order valence-electron chi connectivity index (χ2n) is 4.64. The molecule has 1 heterocycles. The first-order valence-corrected chi connectivity index (χ1v) is 7.61. The number of benzene rings is 1. The van der Waals surface area contributed by atoms with Gasteiger partial charge in [0, 0.05) is 29.4 Å². The predicted octanol–water partition coefficient (Wildman–Crippen LogP) is 3.59. The fourth-order valence-electron chi connectivity index (χ4n) is 2.23. The summed E-state index contributed by atoms with van der Waals surface area (Å²) >= 11 is 3.57. The lowest BCUT2D eigenvalue weighted by Crippen LogP contribution is -2.24. The predicted molar refractivity (Wildman–Crippen MR) is 87.9 cm³/mol. The van der Waals surface area contributed by atoms with Crippen LogP contribution >= 0.6 is 15.9 Å². The Bertz CT molecular complexity index is 543. The van der Waals surface area contributed by atoms with E-state index in [0.717, 1.165) is 29.8 Å². The van der Waals surface area contributed by atoms with Crippen LogP contribution in [-0.4, -0.2) is 18.6 Å². The average molecular weight is 334 g/mol. The van der Waals surface area contributed by atoms with Crippen molar-refractivity contribution in [2.24, 2.45) is 0 Å². The molecular formula is C16H20BrN3. The normalized spacial score (nSPS) is 10.6. The van der Waals surface area contributed by atoms with Gasteiger partial charge in [0.2, 0.25) is 0 Å². The van der Waals surface area contributed by atoms with Gasteiger partial charge in [-0.1, -0.05) is 28.1 Å². The molecule has 0 aliphatic carbocycles.